The molecular weight excluding hydrogens is 551 g/mol. The second-order valence-electron chi connectivity index (χ2n) is 9.74. The number of aromatic carboxylic acids is 1. The highest BCUT2D eigenvalue weighted by atomic mass is 35.5. The van der Waals surface area contributed by atoms with E-state index in [2.05, 4.69) is 24.3 Å². The van der Waals surface area contributed by atoms with Crippen molar-refractivity contribution in [3.63, 3.8) is 0 Å². The van der Waals surface area contributed by atoms with Crippen LogP contribution < -0.4 is 9.47 Å². The normalized spacial score (nSPS) is 11.7. The number of carboxylic acids is 2. The lowest BCUT2D eigenvalue weighted by atomic mass is 10.0. The SMILES string of the molecule is O=C(O)CCCCC(CCc1ccccc1OCCCCCc1ccccc1)Oc1c(Cl)cc(C(=O)O)cc1Cl. The van der Waals surface area contributed by atoms with E-state index in [1.54, 1.807) is 0 Å². The lowest BCUT2D eigenvalue weighted by Gasteiger charge is -2.22. The smallest absolute Gasteiger partial charge is 0.335 e. The van der Waals surface area contributed by atoms with Gasteiger partial charge in [0.1, 0.15) is 5.75 Å². The molecule has 0 aliphatic carbocycles. The van der Waals surface area contributed by atoms with Crippen molar-refractivity contribution in [1.29, 1.82) is 0 Å². The number of carboxylic acid groups (broad SMARTS) is 2. The number of unbranched alkanes of at least 4 members (excludes halogenated alkanes) is 3. The molecule has 0 aliphatic rings. The summed E-state index contributed by atoms with van der Waals surface area (Å²) in [5.41, 5.74) is 2.39. The number of rotatable bonds is 18. The minimum atomic E-state index is -1.13. The molecule has 0 heterocycles. The van der Waals surface area contributed by atoms with Crippen molar-refractivity contribution in [2.24, 2.45) is 0 Å². The Balaban J connectivity index is 1.57. The molecule has 3 aromatic carbocycles. The van der Waals surface area contributed by atoms with Crippen molar-refractivity contribution < 1.29 is 29.3 Å². The van der Waals surface area contributed by atoms with Crippen LogP contribution in [0.1, 0.15) is 72.9 Å². The molecule has 8 heteroatoms. The first kappa shape index (κ1) is 31.3. The fraction of sp³-hybridized carbons (Fsp3) is 0.375. The van der Waals surface area contributed by atoms with Gasteiger partial charge < -0.3 is 19.7 Å². The second kappa shape index (κ2) is 16.8. The number of carbonyl (C=O) groups is 2. The van der Waals surface area contributed by atoms with Crippen molar-refractivity contribution in [3.8, 4) is 11.5 Å². The molecule has 1 atom stereocenters. The largest absolute Gasteiger partial charge is 0.493 e. The van der Waals surface area contributed by atoms with Crippen LogP contribution in [0, 0.1) is 0 Å². The van der Waals surface area contributed by atoms with E-state index in [1.165, 1.54) is 17.7 Å². The quantitative estimate of drug-likeness (QED) is 0.145. The fourth-order valence-corrected chi connectivity index (χ4v) is 5.05. The molecule has 0 saturated carbocycles. The minimum Gasteiger partial charge on any atom is -0.493 e. The second-order valence-corrected chi connectivity index (χ2v) is 10.6. The Morgan fingerprint density at radius 3 is 2.17 bits per heavy atom. The third-order valence-corrected chi connectivity index (χ3v) is 7.18. The molecule has 3 aromatic rings. The summed E-state index contributed by atoms with van der Waals surface area (Å²) in [5, 5.41) is 18.5. The summed E-state index contributed by atoms with van der Waals surface area (Å²) in [6.45, 7) is 0.641. The molecule has 0 aromatic heterocycles. The summed E-state index contributed by atoms with van der Waals surface area (Å²) in [5.74, 6) is -0.888. The van der Waals surface area contributed by atoms with Gasteiger partial charge in [-0.05, 0) is 87.1 Å². The number of benzene rings is 3. The number of hydrogen-bond donors (Lipinski definition) is 2. The van der Waals surface area contributed by atoms with Crippen LogP contribution in [0.3, 0.4) is 0 Å². The fourth-order valence-electron chi connectivity index (χ4n) is 4.48. The molecule has 0 fully saturated rings. The average Bonchev–Trinajstić information content (AvgIpc) is 2.93. The number of para-hydroxylation sites is 1. The van der Waals surface area contributed by atoms with Crippen molar-refractivity contribution in [3.05, 3.63) is 93.5 Å². The van der Waals surface area contributed by atoms with Crippen LogP contribution in [-0.4, -0.2) is 34.9 Å². The van der Waals surface area contributed by atoms with Crippen molar-refractivity contribution >= 4 is 35.1 Å². The zero-order valence-corrected chi connectivity index (χ0v) is 24.0. The van der Waals surface area contributed by atoms with Crippen LogP contribution in [0.15, 0.2) is 66.7 Å². The van der Waals surface area contributed by atoms with Gasteiger partial charge in [-0.2, -0.15) is 0 Å². The number of aliphatic carboxylic acids is 1. The summed E-state index contributed by atoms with van der Waals surface area (Å²) >= 11 is 12.7. The molecule has 2 N–H and O–H groups in total. The van der Waals surface area contributed by atoms with Crippen molar-refractivity contribution in [1.82, 2.24) is 0 Å². The van der Waals surface area contributed by atoms with Gasteiger partial charge in [-0.3, -0.25) is 4.79 Å². The van der Waals surface area contributed by atoms with Crippen LogP contribution >= 0.6 is 23.2 Å². The third-order valence-electron chi connectivity index (χ3n) is 6.61. The van der Waals surface area contributed by atoms with Crippen LogP contribution in [0.4, 0.5) is 0 Å². The van der Waals surface area contributed by atoms with Crippen molar-refractivity contribution in [2.45, 2.75) is 70.3 Å². The standard InChI is InChI=1S/C32H36Cl2O6/c33-27-21-25(32(37)38)22-28(34)31(27)40-26(15-7-9-17-30(35)36)19-18-24-14-6-8-16-29(24)39-20-10-2-5-13-23-11-3-1-4-12-23/h1,3-4,6,8,11-12,14,16,21-22,26H,2,5,7,9-10,13,15,17-20H2,(H,35,36)(H,37,38). The molecule has 0 saturated heterocycles. The summed E-state index contributed by atoms with van der Waals surface area (Å²) in [4.78, 5) is 22.3. The first-order valence-electron chi connectivity index (χ1n) is 13.7. The molecule has 0 bridgehead atoms. The predicted octanol–water partition coefficient (Wildman–Crippen LogP) is 8.51. The van der Waals surface area contributed by atoms with E-state index < -0.39 is 11.9 Å². The first-order chi connectivity index (χ1) is 19.3. The molecule has 1 unspecified atom stereocenters. The predicted molar refractivity (Wildman–Crippen MR) is 158 cm³/mol. The van der Waals surface area contributed by atoms with E-state index in [-0.39, 0.29) is 33.9 Å². The van der Waals surface area contributed by atoms with Crippen molar-refractivity contribution in [2.75, 3.05) is 6.61 Å². The Labute approximate surface area is 245 Å². The molecule has 0 aliphatic heterocycles. The van der Waals surface area contributed by atoms with E-state index >= 15 is 0 Å². The highest BCUT2D eigenvalue weighted by Gasteiger charge is 2.19. The Morgan fingerprint density at radius 2 is 1.48 bits per heavy atom. The van der Waals surface area contributed by atoms with E-state index in [0.29, 0.717) is 38.7 Å². The van der Waals surface area contributed by atoms with Gasteiger partial charge in [0.25, 0.3) is 0 Å². The van der Waals surface area contributed by atoms with Gasteiger partial charge in [0.15, 0.2) is 5.75 Å². The maximum atomic E-state index is 11.3. The maximum Gasteiger partial charge on any atom is 0.335 e. The number of hydrogen-bond acceptors (Lipinski definition) is 4. The number of aryl methyl sites for hydroxylation is 2. The Bertz CT molecular complexity index is 1210. The molecule has 214 valence electrons. The Hall–Kier alpha value is -3.22. The number of ether oxygens (including phenoxy) is 2. The molecule has 6 nitrogen and oxygen atoms in total. The highest BCUT2D eigenvalue weighted by Crippen LogP contribution is 2.36. The molecule has 3 rings (SSSR count). The summed E-state index contributed by atoms with van der Waals surface area (Å²) < 4.78 is 12.3. The monoisotopic (exact) mass is 586 g/mol. The molecule has 0 spiro atoms. The summed E-state index contributed by atoms with van der Waals surface area (Å²) in [6.07, 6.45) is 7.12. The van der Waals surface area contributed by atoms with Crippen LogP contribution in [0.2, 0.25) is 10.0 Å². The van der Waals surface area contributed by atoms with E-state index in [9.17, 15) is 14.7 Å². The van der Waals surface area contributed by atoms with E-state index in [0.717, 1.165) is 37.0 Å². The molecule has 0 radical (unpaired) electrons. The van der Waals surface area contributed by atoms with Gasteiger partial charge in [-0.1, -0.05) is 71.7 Å². The zero-order chi connectivity index (χ0) is 28.7. The molecular formula is C32H36Cl2O6. The summed E-state index contributed by atoms with van der Waals surface area (Å²) in [6, 6.07) is 21.1. The zero-order valence-electron chi connectivity index (χ0n) is 22.5. The maximum absolute atomic E-state index is 11.3. The topological polar surface area (TPSA) is 93.1 Å². The lowest BCUT2D eigenvalue weighted by molar-refractivity contribution is -0.137. The van der Waals surface area contributed by atoms with Gasteiger partial charge in [-0.25, -0.2) is 4.79 Å². The summed E-state index contributed by atoms with van der Waals surface area (Å²) in [7, 11) is 0. The van der Waals surface area contributed by atoms with Gasteiger partial charge in [0.05, 0.1) is 28.3 Å². The lowest BCUT2D eigenvalue weighted by Crippen LogP contribution is -2.19. The molecule has 40 heavy (non-hydrogen) atoms. The van der Waals surface area contributed by atoms with E-state index in [1.807, 2.05) is 30.3 Å². The minimum absolute atomic E-state index is 0.0218. The Morgan fingerprint density at radius 1 is 0.775 bits per heavy atom. The van der Waals surface area contributed by atoms with Crippen LogP contribution in [0.5, 0.6) is 11.5 Å². The van der Waals surface area contributed by atoms with Gasteiger partial charge in [-0.15, -0.1) is 0 Å². The third kappa shape index (κ3) is 10.7. The van der Waals surface area contributed by atoms with E-state index in [4.69, 9.17) is 37.8 Å². The van der Waals surface area contributed by atoms with Crippen LogP contribution in [-0.2, 0) is 17.6 Å². The first-order valence-corrected chi connectivity index (χ1v) is 14.4. The molecule has 0 amide bonds. The van der Waals surface area contributed by atoms with Crippen LogP contribution in [0.25, 0.3) is 0 Å². The van der Waals surface area contributed by atoms with Gasteiger partial charge in [0.2, 0.25) is 0 Å². The Kier molecular flexibility index (Phi) is 13.1. The number of halogens is 2. The highest BCUT2D eigenvalue weighted by molar-refractivity contribution is 6.37. The average molecular weight is 588 g/mol. The van der Waals surface area contributed by atoms with Gasteiger partial charge in [0, 0.05) is 6.42 Å². The van der Waals surface area contributed by atoms with Gasteiger partial charge >= 0.3 is 11.9 Å².